The first-order valence-corrected chi connectivity index (χ1v) is 16.4. The van der Waals surface area contributed by atoms with E-state index >= 15 is 0 Å². The molecule has 0 aliphatic carbocycles. The van der Waals surface area contributed by atoms with Crippen molar-refractivity contribution in [1.29, 1.82) is 0 Å². The van der Waals surface area contributed by atoms with Crippen LogP contribution in [-0.4, -0.2) is 9.97 Å². The summed E-state index contributed by atoms with van der Waals surface area (Å²) in [6, 6.07) is 60.8. The molecule has 48 heavy (non-hydrogen) atoms. The molecule has 0 aliphatic rings. The minimum Gasteiger partial charge on any atom is -0.228 e. The molecule has 0 saturated heterocycles. The fourth-order valence-corrected chi connectivity index (χ4v) is 7.65. The molecule has 0 unspecified atom stereocenters. The van der Waals surface area contributed by atoms with E-state index in [1.165, 1.54) is 59.6 Å². The molecule has 0 saturated carbocycles. The van der Waals surface area contributed by atoms with Gasteiger partial charge in [-0.2, -0.15) is 0 Å². The Morgan fingerprint density at radius 1 is 0.312 bits per heavy atom. The lowest BCUT2D eigenvalue weighted by Gasteiger charge is -2.17. The summed E-state index contributed by atoms with van der Waals surface area (Å²) in [4.78, 5) is 10.7. The summed E-state index contributed by atoms with van der Waals surface area (Å²) in [5, 5.41) is 13.2. The fourth-order valence-electron chi connectivity index (χ4n) is 7.65. The normalized spacial score (nSPS) is 11.8. The first-order valence-electron chi connectivity index (χ1n) is 16.4. The van der Waals surface area contributed by atoms with Crippen LogP contribution in [0.1, 0.15) is 0 Å². The molecule has 1 aromatic heterocycles. The van der Waals surface area contributed by atoms with Crippen molar-refractivity contribution < 1.29 is 0 Å². The molecule has 0 N–H and O–H groups in total. The van der Waals surface area contributed by atoms with E-state index in [4.69, 9.17) is 9.97 Å². The zero-order valence-electron chi connectivity index (χ0n) is 26.1. The molecule has 0 fully saturated rings. The first kappa shape index (κ1) is 26.8. The average Bonchev–Trinajstić information content (AvgIpc) is 3.16. The SMILES string of the molecule is c1ccc(-c2ccc(-c3nc(-c4cc5ccc6ccccc6c5c5c4ccc4ccccc45)nc4ccccc34)c3ccccc23)cc1. The third kappa shape index (κ3) is 4.06. The zero-order chi connectivity index (χ0) is 31.6. The van der Waals surface area contributed by atoms with Crippen molar-refractivity contribution in [3.8, 4) is 33.8 Å². The third-order valence-corrected chi connectivity index (χ3v) is 9.84. The summed E-state index contributed by atoms with van der Waals surface area (Å²) >= 11 is 0. The Bertz CT molecular complexity index is 2890. The van der Waals surface area contributed by atoms with Crippen molar-refractivity contribution in [2.24, 2.45) is 0 Å². The van der Waals surface area contributed by atoms with Crippen LogP contribution in [0.25, 0.3) is 98.5 Å². The van der Waals surface area contributed by atoms with E-state index in [1.54, 1.807) is 0 Å². The Labute approximate surface area is 277 Å². The number of hydrogen-bond acceptors (Lipinski definition) is 2. The minimum absolute atomic E-state index is 0.732. The molecule has 0 amide bonds. The second kappa shape index (κ2) is 10.6. The molecule has 0 radical (unpaired) electrons. The predicted molar refractivity (Wildman–Crippen MR) is 203 cm³/mol. The Morgan fingerprint density at radius 3 is 1.65 bits per heavy atom. The first-order chi connectivity index (χ1) is 23.8. The topological polar surface area (TPSA) is 25.8 Å². The van der Waals surface area contributed by atoms with E-state index in [-0.39, 0.29) is 0 Å². The van der Waals surface area contributed by atoms with Crippen LogP contribution in [0, 0.1) is 0 Å². The Balaban J connectivity index is 1.31. The van der Waals surface area contributed by atoms with E-state index in [0.717, 1.165) is 38.9 Å². The van der Waals surface area contributed by atoms with Crippen LogP contribution in [-0.2, 0) is 0 Å². The fraction of sp³-hybridized carbons (Fsp3) is 0. The average molecular weight is 609 g/mol. The van der Waals surface area contributed by atoms with E-state index < -0.39 is 0 Å². The van der Waals surface area contributed by atoms with E-state index in [1.807, 2.05) is 0 Å². The van der Waals surface area contributed by atoms with Crippen molar-refractivity contribution in [3.63, 3.8) is 0 Å². The lowest BCUT2D eigenvalue weighted by Crippen LogP contribution is -1.97. The highest BCUT2D eigenvalue weighted by Crippen LogP contribution is 2.43. The molecule has 2 nitrogen and oxygen atoms in total. The van der Waals surface area contributed by atoms with Crippen LogP contribution >= 0.6 is 0 Å². The number of para-hydroxylation sites is 1. The van der Waals surface area contributed by atoms with E-state index in [9.17, 15) is 0 Å². The van der Waals surface area contributed by atoms with Crippen molar-refractivity contribution in [2.75, 3.05) is 0 Å². The number of hydrogen-bond donors (Lipinski definition) is 0. The molecule has 1 heterocycles. The maximum atomic E-state index is 5.48. The number of fused-ring (bicyclic) bond motifs is 9. The van der Waals surface area contributed by atoms with Crippen molar-refractivity contribution in [2.45, 2.75) is 0 Å². The molecule has 10 aromatic rings. The van der Waals surface area contributed by atoms with Gasteiger partial charge in [-0.3, -0.25) is 0 Å². The highest BCUT2D eigenvalue weighted by Gasteiger charge is 2.19. The van der Waals surface area contributed by atoms with Gasteiger partial charge in [-0.25, -0.2) is 9.97 Å². The zero-order valence-corrected chi connectivity index (χ0v) is 26.1. The smallest absolute Gasteiger partial charge is 0.161 e. The van der Waals surface area contributed by atoms with Gasteiger partial charge in [-0.15, -0.1) is 0 Å². The van der Waals surface area contributed by atoms with Crippen LogP contribution in [0.15, 0.2) is 170 Å². The Kier molecular flexibility index (Phi) is 5.91. The van der Waals surface area contributed by atoms with Crippen LogP contribution < -0.4 is 0 Å². The molecule has 0 aliphatic heterocycles. The van der Waals surface area contributed by atoms with Gasteiger partial charge in [0.2, 0.25) is 0 Å². The van der Waals surface area contributed by atoms with Crippen molar-refractivity contribution >= 4 is 64.8 Å². The van der Waals surface area contributed by atoms with Crippen LogP contribution in [0.5, 0.6) is 0 Å². The second-order valence-electron chi connectivity index (χ2n) is 12.5. The number of nitrogens with zero attached hydrogens (tertiary/aromatic N) is 2. The predicted octanol–water partition coefficient (Wildman–Crippen LogP) is 12.4. The summed E-state index contributed by atoms with van der Waals surface area (Å²) in [7, 11) is 0. The van der Waals surface area contributed by atoms with Crippen molar-refractivity contribution in [3.05, 3.63) is 170 Å². The monoisotopic (exact) mass is 608 g/mol. The summed E-state index contributed by atoms with van der Waals surface area (Å²) in [6.07, 6.45) is 0. The second-order valence-corrected chi connectivity index (χ2v) is 12.5. The molecule has 222 valence electrons. The lowest BCUT2D eigenvalue weighted by molar-refractivity contribution is 1.24. The highest BCUT2D eigenvalue weighted by molar-refractivity contribution is 6.30. The standard InChI is InChI=1S/C46H28N2/c1-2-12-29(13-3-1)33-26-27-39(37-19-9-8-18-36(33)37)45-40-20-10-11-21-42(40)47-46(48-45)41-28-32-23-22-30-14-4-6-16-34(30)43(32)44-35-17-7-5-15-31(35)24-25-38(41)44/h1-28H. The van der Waals surface area contributed by atoms with Gasteiger partial charge in [0.15, 0.2) is 5.82 Å². The summed E-state index contributed by atoms with van der Waals surface area (Å²) in [5.41, 5.74) is 6.44. The van der Waals surface area contributed by atoms with Gasteiger partial charge >= 0.3 is 0 Å². The molecule has 10 rings (SSSR count). The highest BCUT2D eigenvalue weighted by atomic mass is 14.9. The Morgan fingerprint density at radius 2 is 0.875 bits per heavy atom. The van der Waals surface area contributed by atoms with Gasteiger partial charge in [-0.1, -0.05) is 158 Å². The number of aromatic nitrogens is 2. The van der Waals surface area contributed by atoms with Crippen LogP contribution in [0.3, 0.4) is 0 Å². The van der Waals surface area contributed by atoms with Crippen LogP contribution in [0.2, 0.25) is 0 Å². The maximum absolute atomic E-state index is 5.48. The Hall–Kier alpha value is -6.38. The molecule has 0 spiro atoms. The van der Waals surface area contributed by atoms with Crippen LogP contribution in [0.4, 0.5) is 0 Å². The molecule has 0 bridgehead atoms. The summed E-state index contributed by atoms with van der Waals surface area (Å²) < 4.78 is 0. The molecule has 2 heteroatoms. The molecule has 0 atom stereocenters. The van der Waals surface area contributed by atoms with Gasteiger partial charge < -0.3 is 0 Å². The van der Waals surface area contributed by atoms with E-state index in [2.05, 4.69) is 170 Å². The van der Waals surface area contributed by atoms with Gasteiger partial charge in [0.05, 0.1) is 11.2 Å². The third-order valence-electron chi connectivity index (χ3n) is 9.84. The lowest BCUT2D eigenvalue weighted by atomic mass is 9.90. The van der Waals surface area contributed by atoms with Gasteiger partial charge in [-0.05, 0) is 77.1 Å². The maximum Gasteiger partial charge on any atom is 0.161 e. The quantitative estimate of drug-likeness (QED) is 0.187. The van der Waals surface area contributed by atoms with Crippen molar-refractivity contribution in [1.82, 2.24) is 9.97 Å². The summed E-state index contributed by atoms with van der Waals surface area (Å²) in [6.45, 7) is 0. The summed E-state index contributed by atoms with van der Waals surface area (Å²) in [5.74, 6) is 0.732. The minimum atomic E-state index is 0.732. The van der Waals surface area contributed by atoms with Gasteiger partial charge in [0, 0.05) is 16.5 Å². The van der Waals surface area contributed by atoms with E-state index in [0.29, 0.717) is 0 Å². The molecular formula is C46H28N2. The molecule has 9 aromatic carbocycles. The van der Waals surface area contributed by atoms with Gasteiger partial charge in [0.25, 0.3) is 0 Å². The molecular weight excluding hydrogens is 581 g/mol. The number of rotatable bonds is 3. The van der Waals surface area contributed by atoms with Gasteiger partial charge in [0.1, 0.15) is 0 Å². The largest absolute Gasteiger partial charge is 0.228 e. The number of benzene rings is 9.